The van der Waals surface area contributed by atoms with E-state index in [0.717, 1.165) is 70.2 Å². The molecular formula is C20H29N5O2. The van der Waals surface area contributed by atoms with Gasteiger partial charge in [-0.2, -0.15) is 4.98 Å². The number of hydrogen-bond acceptors (Lipinski definition) is 7. The van der Waals surface area contributed by atoms with Gasteiger partial charge in [-0.25, -0.2) is 0 Å². The van der Waals surface area contributed by atoms with Crippen molar-refractivity contribution in [1.82, 2.24) is 24.9 Å². The SMILES string of the molecule is CC(C)(CN1CCC[C@H](c2nc(-c3cccnc3)no2)C1)N1CCOCC1. The van der Waals surface area contributed by atoms with Gasteiger partial charge >= 0.3 is 0 Å². The maximum absolute atomic E-state index is 5.61. The average Bonchev–Trinajstić information content (AvgIpc) is 3.20. The summed E-state index contributed by atoms with van der Waals surface area (Å²) in [6, 6.07) is 3.85. The van der Waals surface area contributed by atoms with Crippen LogP contribution in [0.1, 0.15) is 38.5 Å². The Kier molecular flexibility index (Phi) is 5.52. The molecule has 0 aromatic carbocycles. The molecule has 0 radical (unpaired) electrons. The third-order valence-corrected chi connectivity index (χ3v) is 5.69. The predicted octanol–water partition coefficient (Wildman–Crippen LogP) is 2.42. The minimum atomic E-state index is 0.140. The topological polar surface area (TPSA) is 67.5 Å². The zero-order chi connectivity index (χ0) is 18.7. The van der Waals surface area contributed by atoms with E-state index in [2.05, 4.69) is 38.8 Å². The summed E-state index contributed by atoms with van der Waals surface area (Å²) in [7, 11) is 0. The average molecular weight is 371 g/mol. The lowest BCUT2D eigenvalue weighted by atomic mass is 9.94. The van der Waals surface area contributed by atoms with E-state index in [4.69, 9.17) is 9.26 Å². The van der Waals surface area contributed by atoms with Crippen LogP contribution in [-0.4, -0.2) is 76.4 Å². The number of ether oxygens (including phenoxy) is 1. The van der Waals surface area contributed by atoms with E-state index in [9.17, 15) is 0 Å². The highest BCUT2D eigenvalue weighted by Gasteiger charge is 2.33. The fourth-order valence-corrected chi connectivity index (χ4v) is 4.23. The van der Waals surface area contributed by atoms with Gasteiger partial charge in [0.05, 0.1) is 19.1 Å². The molecule has 2 aliphatic heterocycles. The zero-order valence-corrected chi connectivity index (χ0v) is 16.3. The van der Waals surface area contributed by atoms with Gasteiger partial charge in [-0.3, -0.25) is 9.88 Å². The van der Waals surface area contributed by atoms with Crippen molar-refractivity contribution in [3.05, 3.63) is 30.4 Å². The van der Waals surface area contributed by atoms with Crippen molar-refractivity contribution in [2.24, 2.45) is 0 Å². The second kappa shape index (κ2) is 8.04. The molecule has 27 heavy (non-hydrogen) atoms. The van der Waals surface area contributed by atoms with Crippen LogP contribution in [0.15, 0.2) is 29.0 Å². The van der Waals surface area contributed by atoms with Gasteiger partial charge in [-0.05, 0) is 45.4 Å². The second-order valence-corrected chi connectivity index (χ2v) is 8.18. The van der Waals surface area contributed by atoms with Crippen LogP contribution < -0.4 is 0 Å². The molecule has 7 heteroatoms. The highest BCUT2D eigenvalue weighted by molar-refractivity contribution is 5.51. The largest absolute Gasteiger partial charge is 0.379 e. The molecule has 146 valence electrons. The zero-order valence-electron chi connectivity index (χ0n) is 16.3. The highest BCUT2D eigenvalue weighted by atomic mass is 16.5. The Morgan fingerprint density at radius 3 is 2.85 bits per heavy atom. The lowest BCUT2D eigenvalue weighted by Crippen LogP contribution is -2.56. The first-order valence-electron chi connectivity index (χ1n) is 9.91. The van der Waals surface area contributed by atoms with Crippen molar-refractivity contribution in [3.63, 3.8) is 0 Å². The maximum atomic E-state index is 5.61. The molecule has 4 heterocycles. The molecule has 0 aliphatic carbocycles. The third kappa shape index (κ3) is 4.36. The van der Waals surface area contributed by atoms with Crippen LogP contribution in [0.3, 0.4) is 0 Å². The summed E-state index contributed by atoms with van der Waals surface area (Å²) < 4.78 is 11.1. The molecule has 2 aromatic rings. The lowest BCUT2D eigenvalue weighted by Gasteiger charge is -2.45. The summed E-state index contributed by atoms with van der Waals surface area (Å²) in [5, 5.41) is 4.17. The molecule has 0 amide bonds. The molecule has 0 N–H and O–H groups in total. The van der Waals surface area contributed by atoms with Crippen molar-refractivity contribution < 1.29 is 9.26 Å². The van der Waals surface area contributed by atoms with Crippen LogP contribution in [0, 0.1) is 0 Å². The number of aromatic nitrogens is 3. The van der Waals surface area contributed by atoms with Gasteiger partial charge in [0.25, 0.3) is 0 Å². The minimum Gasteiger partial charge on any atom is -0.379 e. The molecule has 2 saturated heterocycles. The molecule has 0 unspecified atom stereocenters. The molecule has 2 aliphatic rings. The normalized spacial score (nSPS) is 22.8. The standard InChI is InChI=1S/C20H29N5O2/c1-20(2,25-9-11-26-12-10-25)15-24-8-4-6-17(14-24)19-22-18(23-27-19)16-5-3-7-21-13-16/h3,5,7,13,17H,4,6,8-12,14-15H2,1-2H3/t17-/m0/s1. The van der Waals surface area contributed by atoms with Crippen LogP contribution in [0.25, 0.3) is 11.4 Å². The van der Waals surface area contributed by atoms with Gasteiger partial charge < -0.3 is 14.2 Å². The first-order valence-corrected chi connectivity index (χ1v) is 9.91. The van der Waals surface area contributed by atoms with Crippen molar-refractivity contribution in [1.29, 1.82) is 0 Å². The highest BCUT2D eigenvalue weighted by Crippen LogP contribution is 2.29. The quantitative estimate of drug-likeness (QED) is 0.799. The van der Waals surface area contributed by atoms with Gasteiger partial charge in [0.1, 0.15) is 0 Å². The summed E-state index contributed by atoms with van der Waals surface area (Å²) >= 11 is 0. The number of likely N-dealkylation sites (tertiary alicyclic amines) is 1. The Morgan fingerprint density at radius 1 is 1.22 bits per heavy atom. The first kappa shape index (κ1) is 18.5. The molecular weight excluding hydrogens is 342 g/mol. The summed E-state index contributed by atoms with van der Waals surface area (Å²) in [6.07, 6.45) is 5.78. The van der Waals surface area contributed by atoms with Crippen LogP contribution in [0.4, 0.5) is 0 Å². The molecule has 0 bridgehead atoms. The molecule has 2 aromatic heterocycles. The number of nitrogens with zero attached hydrogens (tertiary/aromatic N) is 5. The van der Waals surface area contributed by atoms with Gasteiger partial charge in [0.15, 0.2) is 0 Å². The number of hydrogen-bond donors (Lipinski definition) is 0. The predicted molar refractivity (Wildman–Crippen MR) is 102 cm³/mol. The van der Waals surface area contributed by atoms with E-state index in [1.165, 1.54) is 0 Å². The molecule has 0 saturated carbocycles. The summed E-state index contributed by atoms with van der Waals surface area (Å²) in [6.45, 7) is 11.6. The van der Waals surface area contributed by atoms with Crippen LogP contribution in [-0.2, 0) is 4.74 Å². The third-order valence-electron chi connectivity index (χ3n) is 5.69. The van der Waals surface area contributed by atoms with Gasteiger partial charge in [0.2, 0.25) is 11.7 Å². The number of rotatable bonds is 5. The van der Waals surface area contributed by atoms with Gasteiger partial charge in [-0.15, -0.1) is 0 Å². The molecule has 1 atom stereocenters. The summed E-state index contributed by atoms with van der Waals surface area (Å²) in [4.78, 5) is 13.9. The van der Waals surface area contributed by atoms with E-state index in [1.54, 1.807) is 12.4 Å². The lowest BCUT2D eigenvalue weighted by molar-refractivity contribution is -0.0245. The molecule has 0 spiro atoms. The van der Waals surface area contributed by atoms with Crippen molar-refractivity contribution in [2.75, 3.05) is 45.9 Å². The molecule has 2 fully saturated rings. The molecule has 4 rings (SSSR count). The minimum absolute atomic E-state index is 0.140. The second-order valence-electron chi connectivity index (χ2n) is 8.18. The van der Waals surface area contributed by atoms with Crippen molar-refractivity contribution >= 4 is 0 Å². The Hall–Kier alpha value is -1.83. The Labute approximate surface area is 160 Å². The fraction of sp³-hybridized carbons (Fsp3) is 0.650. The fourth-order valence-electron chi connectivity index (χ4n) is 4.23. The van der Waals surface area contributed by atoms with Crippen LogP contribution >= 0.6 is 0 Å². The smallest absolute Gasteiger partial charge is 0.231 e. The summed E-state index contributed by atoms with van der Waals surface area (Å²) in [5.74, 6) is 1.68. The van der Waals surface area contributed by atoms with Gasteiger partial charge in [-0.1, -0.05) is 5.16 Å². The van der Waals surface area contributed by atoms with Crippen molar-refractivity contribution in [2.45, 2.75) is 38.1 Å². The monoisotopic (exact) mass is 371 g/mol. The molecule has 7 nitrogen and oxygen atoms in total. The number of morpholine rings is 1. The van der Waals surface area contributed by atoms with E-state index < -0.39 is 0 Å². The Morgan fingerprint density at radius 2 is 2.07 bits per heavy atom. The first-order chi connectivity index (χ1) is 13.1. The maximum Gasteiger partial charge on any atom is 0.231 e. The Bertz CT molecular complexity index is 727. The van der Waals surface area contributed by atoms with E-state index in [-0.39, 0.29) is 5.54 Å². The summed E-state index contributed by atoms with van der Waals surface area (Å²) in [5.41, 5.74) is 1.04. The van der Waals surface area contributed by atoms with E-state index in [0.29, 0.717) is 11.7 Å². The Balaban J connectivity index is 1.40. The van der Waals surface area contributed by atoms with Crippen molar-refractivity contribution in [3.8, 4) is 11.4 Å². The van der Waals surface area contributed by atoms with Crippen LogP contribution in [0.5, 0.6) is 0 Å². The van der Waals surface area contributed by atoms with E-state index in [1.807, 2.05) is 12.1 Å². The van der Waals surface area contributed by atoms with Gasteiger partial charge in [0, 0.05) is 49.7 Å². The number of pyridine rings is 1. The number of piperidine rings is 1. The van der Waals surface area contributed by atoms with E-state index >= 15 is 0 Å². The van der Waals surface area contributed by atoms with Crippen LogP contribution in [0.2, 0.25) is 0 Å².